The molecule has 0 spiro atoms. The van der Waals surface area contributed by atoms with Gasteiger partial charge in [-0.15, -0.1) is 0 Å². The van der Waals surface area contributed by atoms with E-state index in [4.69, 9.17) is 9.84 Å². The number of aliphatic hydroxyl groups excluding tert-OH is 1. The number of pyridine rings is 1. The van der Waals surface area contributed by atoms with E-state index in [1.54, 1.807) is 24.4 Å². The van der Waals surface area contributed by atoms with Gasteiger partial charge in [0.15, 0.2) is 0 Å². The Morgan fingerprint density at radius 1 is 1.29 bits per heavy atom. The fourth-order valence-electron chi connectivity index (χ4n) is 1.43. The van der Waals surface area contributed by atoms with E-state index < -0.39 is 12.4 Å². The Labute approximate surface area is 98.5 Å². The first-order chi connectivity index (χ1) is 8.20. The van der Waals surface area contributed by atoms with Crippen LogP contribution >= 0.6 is 0 Å². The van der Waals surface area contributed by atoms with Crippen LogP contribution in [0.2, 0.25) is 0 Å². The summed E-state index contributed by atoms with van der Waals surface area (Å²) >= 11 is 0. The molecule has 3 nitrogen and oxygen atoms in total. The average Bonchev–Trinajstić information content (AvgIpc) is 2.32. The van der Waals surface area contributed by atoms with Crippen molar-refractivity contribution in [1.82, 2.24) is 4.98 Å². The smallest absolute Gasteiger partial charge is 0.145 e. The average molecular weight is 233 g/mol. The Balaban J connectivity index is 2.29. The molecule has 2 aromatic rings. The molecule has 1 aromatic heterocycles. The van der Waals surface area contributed by atoms with Gasteiger partial charge in [0, 0.05) is 5.69 Å². The van der Waals surface area contributed by atoms with Crippen LogP contribution in [-0.4, -0.2) is 10.1 Å². The molecule has 0 saturated carbocycles. The predicted molar refractivity (Wildman–Crippen MR) is 61.4 cm³/mol. The van der Waals surface area contributed by atoms with E-state index in [9.17, 15) is 4.39 Å². The lowest BCUT2D eigenvalue weighted by Gasteiger charge is -2.09. The molecule has 17 heavy (non-hydrogen) atoms. The lowest BCUT2D eigenvalue weighted by atomic mass is 10.2. The first-order valence-corrected chi connectivity index (χ1v) is 5.19. The summed E-state index contributed by atoms with van der Waals surface area (Å²) in [7, 11) is 0. The number of nitrogens with zero attached hydrogens (tertiary/aromatic N) is 1. The molecule has 88 valence electrons. The molecule has 0 saturated heterocycles. The lowest BCUT2D eigenvalue weighted by Crippen LogP contribution is -1.95. The highest BCUT2D eigenvalue weighted by atomic mass is 19.1. The van der Waals surface area contributed by atoms with Gasteiger partial charge in [0.25, 0.3) is 0 Å². The van der Waals surface area contributed by atoms with Crippen LogP contribution in [0, 0.1) is 12.7 Å². The van der Waals surface area contributed by atoms with Crippen LogP contribution in [0.15, 0.2) is 36.5 Å². The van der Waals surface area contributed by atoms with E-state index in [0.29, 0.717) is 11.5 Å². The second-order valence-electron chi connectivity index (χ2n) is 3.61. The van der Waals surface area contributed by atoms with Gasteiger partial charge >= 0.3 is 0 Å². The third-order valence-corrected chi connectivity index (χ3v) is 2.35. The number of hydrogen-bond acceptors (Lipinski definition) is 3. The Kier molecular flexibility index (Phi) is 3.35. The Morgan fingerprint density at radius 2 is 2.12 bits per heavy atom. The zero-order valence-electron chi connectivity index (χ0n) is 9.35. The van der Waals surface area contributed by atoms with Crippen LogP contribution in [0.3, 0.4) is 0 Å². The molecule has 4 heteroatoms. The van der Waals surface area contributed by atoms with Gasteiger partial charge in [-0.2, -0.15) is 0 Å². The SMILES string of the molecule is Cc1ccc(Oc2cccc(F)c2CO)cn1. The Bertz CT molecular complexity index is 511. The zero-order chi connectivity index (χ0) is 12.3. The second-order valence-corrected chi connectivity index (χ2v) is 3.61. The van der Waals surface area contributed by atoms with Crippen molar-refractivity contribution in [2.75, 3.05) is 0 Å². The van der Waals surface area contributed by atoms with Gasteiger partial charge in [0.1, 0.15) is 17.3 Å². The van der Waals surface area contributed by atoms with Crippen molar-refractivity contribution in [3.63, 3.8) is 0 Å². The van der Waals surface area contributed by atoms with Crippen molar-refractivity contribution < 1.29 is 14.2 Å². The van der Waals surface area contributed by atoms with Crippen molar-refractivity contribution in [1.29, 1.82) is 0 Å². The highest BCUT2D eigenvalue weighted by molar-refractivity contribution is 5.37. The van der Waals surface area contributed by atoms with Crippen LogP contribution in [-0.2, 0) is 6.61 Å². The minimum atomic E-state index is -0.481. The maximum atomic E-state index is 13.4. The van der Waals surface area contributed by atoms with Gasteiger partial charge < -0.3 is 9.84 Å². The molecule has 0 bridgehead atoms. The largest absolute Gasteiger partial charge is 0.455 e. The standard InChI is InChI=1S/C13H12FNO2/c1-9-5-6-10(7-15-9)17-13-4-2-3-12(14)11(13)8-16/h2-7,16H,8H2,1H3. The van der Waals surface area contributed by atoms with Crippen molar-refractivity contribution in [3.8, 4) is 11.5 Å². The van der Waals surface area contributed by atoms with Gasteiger partial charge in [0.05, 0.1) is 18.4 Å². The number of ether oxygens (including phenoxy) is 1. The summed E-state index contributed by atoms with van der Waals surface area (Å²) in [4.78, 5) is 4.07. The van der Waals surface area contributed by atoms with Gasteiger partial charge in [0.2, 0.25) is 0 Å². The highest BCUT2D eigenvalue weighted by Gasteiger charge is 2.09. The third kappa shape index (κ3) is 2.60. The van der Waals surface area contributed by atoms with E-state index >= 15 is 0 Å². The fraction of sp³-hybridized carbons (Fsp3) is 0.154. The van der Waals surface area contributed by atoms with Crippen molar-refractivity contribution in [3.05, 3.63) is 53.6 Å². The Morgan fingerprint density at radius 3 is 2.76 bits per heavy atom. The predicted octanol–water partition coefficient (Wildman–Crippen LogP) is 2.81. The van der Waals surface area contributed by atoms with Crippen molar-refractivity contribution in [2.24, 2.45) is 0 Å². The molecule has 0 aliphatic carbocycles. The molecule has 0 unspecified atom stereocenters. The fourth-order valence-corrected chi connectivity index (χ4v) is 1.43. The molecule has 0 amide bonds. The number of aryl methyl sites for hydroxylation is 1. The molecular weight excluding hydrogens is 221 g/mol. The van der Waals surface area contributed by atoms with Crippen LogP contribution in [0.1, 0.15) is 11.3 Å². The van der Waals surface area contributed by atoms with Gasteiger partial charge in [-0.1, -0.05) is 6.07 Å². The molecular formula is C13H12FNO2. The zero-order valence-corrected chi connectivity index (χ0v) is 9.35. The monoisotopic (exact) mass is 233 g/mol. The van der Waals surface area contributed by atoms with Crippen molar-refractivity contribution >= 4 is 0 Å². The summed E-state index contributed by atoms with van der Waals surface area (Å²) < 4.78 is 18.8. The molecule has 1 N–H and O–H groups in total. The number of hydrogen-bond donors (Lipinski definition) is 1. The number of aliphatic hydroxyl groups is 1. The molecule has 0 atom stereocenters. The van der Waals surface area contributed by atoms with E-state index in [1.165, 1.54) is 12.1 Å². The van der Waals surface area contributed by atoms with Crippen molar-refractivity contribution in [2.45, 2.75) is 13.5 Å². The van der Waals surface area contributed by atoms with Crippen LogP contribution in [0.5, 0.6) is 11.5 Å². The maximum Gasteiger partial charge on any atom is 0.145 e. The molecule has 2 rings (SSSR count). The number of rotatable bonds is 3. The number of benzene rings is 1. The summed E-state index contributed by atoms with van der Waals surface area (Å²) in [5.74, 6) is 0.333. The molecule has 0 aliphatic rings. The summed E-state index contributed by atoms with van der Waals surface area (Å²) in [6.45, 7) is 1.46. The lowest BCUT2D eigenvalue weighted by molar-refractivity contribution is 0.270. The summed E-state index contributed by atoms with van der Waals surface area (Å²) in [5.41, 5.74) is 1.02. The van der Waals surface area contributed by atoms with Gasteiger partial charge in [-0.25, -0.2) is 4.39 Å². The van der Waals surface area contributed by atoms with Gasteiger partial charge in [-0.3, -0.25) is 4.98 Å². The summed E-state index contributed by atoms with van der Waals surface area (Å²) in [6.07, 6.45) is 1.56. The minimum absolute atomic E-state index is 0.146. The molecule has 1 aromatic carbocycles. The first kappa shape index (κ1) is 11.5. The maximum absolute atomic E-state index is 13.4. The summed E-state index contributed by atoms with van der Waals surface area (Å²) in [6, 6.07) is 7.97. The number of halogens is 1. The van der Waals surface area contributed by atoms with Crippen LogP contribution in [0.4, 0.5) is 4.39 Å². The molecule has 0 fully saturated rings. The van der Waals surface area contributed by atoms with Crippen LogP contribution in [0.25, 0.3) is 0 Å². The number of aromatic nitrogens is 1. The second kappa shape index (κ2) is 4.93. The summed E-state index contributed by atoms with van der Waals surface area (Å²) in [5, 5.41) is 9.09. The van der Waals surface area contributed by atoms with E-state index in [-0.39, 0.29) is 5.56 Å². The molecule has 0 radical (unpaired) electrons. The van der Waals surface area contributed by atoms with E-state index in [0.717, 1.165) is 5.69 Å². The normalized spacial score (nSPS) is 10.3. The quantitative estimate of drug-likeness (QED) is 0.886. The van der Waals surface area contributed by atoms with E-state index in [2.05, 4.69) is 4.98 Å². The molecule has 1 heterocycles. The van der Waals surface area contributed by atoms with E-state index in [1.807, 2.05) is 6.92 Å². The molecule has 0 aliphatic heterocycles. The minimum Gasteiger partial charge on any atom is -0.455 e. The highest BCUT2D eigenvalue weighted by Crippen LogP contribution is 2.26. The third-order valence-electron chi connectivity index (χ3n) is 2.35. The first-order valence-electron chi connectivity index (χ1n) is 5.19. The Hall–Kier alpha value is -1.94. The van der Waals surface area contributed by atoms with Crippen LogP contribution < -0.4 is 4.74 Å². The van der Waals surface area contributed by atoms with Gasteiger partial charge in [-0.05, 0) is 31.2 Å². The topological polar surface area (TPSA) is 42.4 Å².